The van der Waals surface area contributed by atoms with Gasteiger partial charge in [0.05, 0.1) is 16.7 Å². The van der Waals surface area contributed by atoms with Crippen LogP contribution in [0.2, 0.25) is 0 Å². The third-order valence-electron chi connectivity index (χ3n) is 5.23. The van der Waals surface area contributed by atoms with Gasteiger partial charge in [-0.2, -0.15) is 0 Å². The van der Waals surface area contributed by atoms with Gasteiger partial charge in [0.15, 0.2) is 0 Å². The molecule has 2 aliphatic heterocycles. The summed E-state index contributed by atoms with van der Waals surface area (Å²) in [4.78, 5) is 13.7. The predicted octanol–water partition coefficient (Wildman–Crippen LogP) is 2.75. The predicted molar refractivity (Wildman–Crippen MR) is 103 cm³/mol. The fraction of sp³-hybridized carbons (Fsp3) is 0.350. The molecule has 0 aromatic heterocycles. The Bertz CT molecular complexity index is 986. The number of aliphatic hydroxyl groups excluding tert-OH is 1. The summed E-state index contributed by atoms with van der Waals surface area (Å²) in [5.41, 5.74) is 2.87. The molecule has 0 spiro atoms. The van der Waals surface area contributed by atoms with Crippen LogP contribution in [0, 0.1) is 6.92 Å². The Morgan fingerprint density at radius 1 is 1.07 bits per heavy atom. The second-order valence-electron chi connectivity index (χ2n) is 7.09. The van der Waals surface area contributed by atoms with Gasteiger partial charge in [-0.3, -0.25) is 9.10 Å². The van der Waals surface area contributed by atoms with Crippen LogP contribution in [0.15, 0.2) is 47.4 Å². The Hall–Kier alpha value is -2.38. The Kier molecular flexibility index (Phi) is 4.44. The van der Waals surface area contributed by atoms with Crippen molar-refractivity contribution in [2.75, 3.05) is 22.3 Å². The molecule has 0 radical (unpaired) electrons. The summed E-state index contributed by atoms with van der Waals surface area (Å²) in [5, 5.41) is 10.3. The number of fused-ring (bicyclic) bond motifs is 1. The third-order valence-corrected chi connectivity index (χ3v) is 7.05. The standard InChI is InChI=1S/C20H22N2O4S/c1-14-4-9-18-17(13-14)19(23)10-12-22(18)27(25,26)16-7-5-15(6-8-16)21-11-2-3-20(21)24/h4-9,13,19,23H,2-3,10-12H2,1H3. The molecule has 142 valence electrons. The first-order chi connectivity index (χ1) is 12.9. The molecule has 1 unspecified atom stereocenters. The molecule has 6 nitrogen and oxygen atoms in total. The second kappa shape index (κ2) is 6.65. The lowest BCUT2D eigenvalue weighted by atomic mass is 9.99. The lowest BCUT2D eigenvalue weighted by Gasteiger charge is -2.33. The second-order valence-corrected chi connectivity index (χ2v) is 8.95. The SMILES string of the molecule is Cc1ccc2c(c1)C(O)CCN2S(=O)(=O)c1ccc(N2CCCC2=O)cc1. The van der Waals surface area contributed by atoms with E-state index in [2.05, 4.69) is 0 Å². The van der Waals surface area contributed by atoms with E-state index in [1.165, 1.54) is 4.31 Å². The molecule has 0 aliphatic carbocycles. The summed E-state index contributed by atoms with van der Waals surface area (Å²) in [6, 6.07) is 11.9. The van der Waals surface area contributed by atoms with Crippen LogP contribution in [0.3, 0.4) is 0 Å². The molecule has 0 bridgehead atoms. The summed E-state index contributed by atoms with van der Waals surface area (Å²) in [6.45, 7) is 2.81. The number of amides is 1. The highest BCUT2D eigenvalue weighted by atomic mass is 32.2. The van der Waals surface area contributed by atoms with Crippen molar-refractivity contribution in [2.24, 2.45) is 0 Å². The number of aryl methyl sites for hydroxylation is 1. The number of hydrogen-bond donors (Lipinski definition) is 1. The Balaban J connectivity index is 1.68. The first kappa shape index (κ1) is 18.0. The number of anilines is 2. The molecule has 1 amide bonds. The van der Waals surface area contributed by atoms with E-state index in [1.54, 1.807) is 35.2 Å². The highest BCUT2D eigenvalue weighted by Gasteiger charge is 2.32. The summed E-state index contributed by atoms with van der Waals surface area (Å²) in [7, 11) is -3.75. The molecule has 1 saturated heterocycles. The average Bonchev–Trinajstić information content (AvgIpc) is 3.08. The van der Waals surface area contributed by atoms with Gasteiger partial charge < -0.3 is 10.0 Å². The molecule has 2 aliphatic rings. The number of nitrogens with zero attached hydrogens (tertiary/aromatic N) is 2. The summed E-state index contributed by atoms with van der Waals surface area (Å²) >= 11 is 0. The number of sulfonamides is 1. The quantitative estimate of drug-likeness (QED) is 0.880. The molecular weight excluding hydrogens is 364 g/mol. The van der Waals surface area contributed by atoms with Crippen LogP contribution in [-0.4, -0.2) is 32.5 Å². The smallest absolute Gasteiger partial charge is 0.264 e. The average molecular weight is 386 g/mol. The Morgan fingerprint density at radius 3 is 2.48 bits per heavy atom. The van der Waals surface area contributed by atoms with Crippen LogP contribution in [-0.2, 0) is 14.8 Å². The van der Waals surface area contributed by atoms with E-state index >= 15 is 0 Å². The topological polar surface area (TPSA) is 77.9 Å². The van der Waals surface area contributed by atoms with Gasteiger partial charge in [-0.05, 0) is 50.1 Å². The Labute approximate surface area is 159 Å². The zero-order valence-corrected chi connectivity index (χ0v) is 15.9. The highest BCUT2D eigenvalue weighted by Crippen LogP contribution is 2.37. The van der Waals surface area contributed by atoms with Crippen molar-refractivity contribution in [3.63, 3.8) is 0 Å². The molecule has 7 heteroatoms. The van der Waals surface area contributed by atoms with E-state index < -0.39 is 16.1 Å². The normalized spacial score (nSPS) is 20.1. The highest BCUT2D eigenvalue weighted by molar-refractivity contribution is 7.92. The molecule has 4 rings (SSSR count). The zero-order chi connectivity index (χ0) is 19.2. The lowest BCUT2D eigenvalue weighted by Crippen LogP contribution is -2.36. The number of rotatable bonds is 3. The molecule has 0 saturated carbocycles. The van der Waals surface area contributed by atoms with Crippen molar-refractivity contribution in [3.8, 4) is 0 Å². The summed E-state index contributed by atoms with van der Waals surface area (Å²) in [5.74, 6) is 0.0694. The maximum atomic E-state index is 13.2. The van der Waals surface area contributed by atoms with Gasteiger partial charge in [0.25, 0.3) is 10.0 Å². The first-order valence-electron chi connectivity index (χ1n) is 9.10. The number of benzene rings is 2. The van der Waals surface area contributed by atoms with Gasteiger partial charge in [-0.1, -0.05) is 17.7 Å². The van der Waals surface area contributed by atoms with Crippen molar-refractivity contribution < 1.29 is 18.3 Å². The minimum Gasteiger partial charge on any atom is -0.388 e. The van der Waals surface area contributed by atoms with Crippen molar-refractivity contribution in [2.45, 2.75) is 37.2 Å². The monoisotopic (exact) mass is 386 g/mol. The maximum absolute atomic E-state index is 13.2. The van der Waals surface area contributed by atoms with Crippen molar-refractivity contribution in [1.82, 2.24) is 0 Å². The molecule has 1 fully saturated rings. The minimum atomic E-state index is -3.75. The maximum Gasteiger partial charge on any atom is 0.264 e. The van der Waals surface area contributed by atoms with Gasteiger partial charge in [0, 0.05) is 30.8 Å². The zero-order valence-electron chi connectivity index (χ0n) is 15.1. The number of hydrogen-bond acceptors (Lipinski definition) is 4. The van der Waals surface area contributed by atoms with Crippen LogP contribution in [0.5, 0.6) is 0 Å². The molecule has 2 aromatic rings. The largest absolute Gasteiger partial charge is 0.388 e. The Morgan fingerprint density at radius 2 is 1.81 bits per heavy atom. The lowest BCUT2D eigenvalue weighted by molar-refractivity contribution is -0.117. The molecule has 1 N–H and O–H groups in total. The van der Waals surface area contributed by atoms with Gasteiger partial charge in [-0.15, -0.1) is 0 Å². The third kappa shape index (κ3) is 3.11. The van der Waals surface area contributed by atoms with Crippen molar-refractivity contribution in [1.29, 1.82) is 0 Å². The van der Waals surface area contributed by atoms with Crippen molar-refractivity contribution >= 4 is 27.3 Å². The molecular formula is C20H22N2O4S. The molecule has 2 aromatic carbocycles. The fourth-order valence-corrected chi connectivity index (χ4v) is 5.29. The van der Waals surface area contributed by atoms with E-state index in [9.17, 15) is 18.3 Å². The molecule has 2 heterocycles. The van der Waals surface area contributed by atoms with Crippen LogP contribution in [0.25, 0.3) is 0 Å². The first-order valence-corrected chi connectivity index (χ1v) is 10.5. The number of carbonyl (C=O) groups is 1. The fourth-order valence-electron chi connectivity index (χ4n) is 3.78. The van der Waals surface area contributed by atoms with Crippen LogP contribution >= 0.6 is 0 Å². The number of aliphatic hydroxyl groups is 1. The minimum absolute atomic E-state index is 0.0694. The summed E-state index contributed by atoms with van der Waals surface area (Å²) < 4.78 is 27.8. The molecule has 1 atom stereocenters. The van der Waals surface area contributed by atoms with Crippen LogP contribution in [0.4, 0.5) is 11.4 Å². The van der Waals surface area contributed by atoms with Gasteiger partial charge in [-0.25, -0.2) is 8.42 Å². The van der Waals surface area contributed by atoms with E-state index in [4.69, 9.17) is 0 Å². The van der Waals surface area contributed by atoms with E-state index in [-0.39, 0.29) is 17.3 Å². The van der Waals surface area contributed by atoms with Gasteiger partial charge in [0.2, 0.25) is 5.91 Å². The van der Waals surface area contributed by atoms with Crippen LogP contribution < -0.4 is 9.21 Å². The molecule has 27 heavy (non-hydrogen) atoms. The van der Waals surface area contributed by atoms with Gasteiger partial charge in [0.1, 0.15) is 0 Å². The summed E-state index contributed by atoms with van der Waals surface area (Å²) in [6.07, 6.45) is 1.06. The van der Waals surface area contributed by atoms with Crippen LogP contribution in [0.1, 0.15) is 36.5 Å². The number of carbonyl (C=O) groups excluding carboxylic acids is 1. The van der Waals surface area contributed by atoms with E-state index in [1.807, 2.05) is 19.1 Å². The van der Waals surface area contributed by atoms with E-state index in [0.717, 1.165) is 17.7 Å². The van der Waals surface area contributed by atoms with E-state index in [0.29, 0.717) is 30.6 Å². The van der Waals surface area contributed by atoms with Crippen molar-refractivity contribution in [3.05, 3.63) is 53.6 Å². The van der Waals surface area contributed by atoms with Gasteiger partial charge >= 0.3 is 0 Å².